The summed E-state index contributed by atoms with van der Waals surface area (Å²) >= 11 is 0. The van der Waals surface area contributed by atoms with E-state index in [0.717, 1.165) is 26.2 Å². The largest absolute Gasteiger partial charge is 0.497 e. The minimum Gasteiger partial charge on any atom is -0.497 e. The number of rotatable bonds is 8. The van der Waals surface area contributed by atoms with Crippen LogP contribution in [0.15, 0.2) is 18.2 Å². The van der Waals surface area contributed by atoms with Crippen molar-refractivity contribution in [2.45, 2.75) is 6.42 Å². The van der Waals surface area contributed by atoms with Crippen molar-refractivity contribution in [3.8, 4) is 11.5 Å². The Hall–Kier alpha value is -2.32. The van der Waals surface area contributed by atoms with Crippen LogP contribution in [0.5, 0.6) is 11.5 Å². The number of likely N-dealkylation sites (N-methyl/N-ethyl adjacent to an activating group) is 1. The third-order valence-electron chi connectivity index (χ3n) is 4.23. The molecule has 0 unspecified atom stereocenters. The lowest BCUT2D eigenvalue weighted by Gasteiger charge is -2.28. The highest BCUT2D eigenvalue weighted by molar-refractivity contribution is 5.92. The third-order valence-corrected chi connectivity index (χ3v) is 4.23. The van der Waals surface area contributed by atoms with Gasteiger partial charge in [-0.05, 0) is 7.05 Å². The highest BCUT2D eigenvalue weighted by Crippen LogP contribution is 2.25. The zero-order chi connectivity index (χ0) is 18.9. The highest BCUT2D eigenvalue weighted by atomic mass is 16.5. The molecule has 0 spiro atoms. The summed E-state index contributed by atoms with van der Waals surface area (Å²) in [6.45, 7) is 3.93. The van der Waals surface area contributed by atoms with Gasteiger partial charge in [0.05, 0.1) is 20.8 Å². The number of carbonyl (C=O) groups is 2. The number of hydrogen-bond donors (Lipinski definition) is 2. The van der Waals surface area contributed by atoms with Crippen molar-refractivity contribution in [1.82, 2.24) is 15.1 Å². The molecule has 1 saturated heterocycles. The molecular weight excluding hydrogens is 336 g/mol. The lowest BCUT2D eigenvalue weighted by Crippen LogP contribution is -2.47. The molecule has 26 heavy (non-hydrogen) atoms. The molecule has 1 aliphatic rings. The van der Waals surface area contributed by atoms with Crippen molar-refractivity contribution in [2.75, 3.05) is 65.9 Å². The molecule has 0 aromatic heterocycles. The van der Waals surface area contributed by atoms with Crippen LogP contribution >= 0.6 is 0 Å². The molecule has 8 nitrogen and oxygen atoms in total. The quantitative estimate of drug-likeness (QED) is 0.695. The van der Waals surface area contributed by atoms with Gasteiger partial charge in [0.2, 0.25) is 11.8 Å². The summed E-state index contributed by atoms with van der Waals surface area (Å²) in [5.41, 5.74) is 0.608. The Morgan fingerprint density at radius 1 is 1.15 bits per heavy atom. The third kappa shape index (κ3) is 6.20. The van der Waals surface area contributed by atoms with Gasteiger partial charge in [0.25, 0.3) is 0 Å². The minimum atomic E-state index is -0.155. The van der Waals surface area contributed by atoms with E-state index < -0.39 is 0 Å². The summed E-state index contributed by atoms with van der Waals surface area (Å²) in [6, 6.07) is 5.20. The van der Waals surface area contributed by atoms with Crippen LogP contribution in [0.2, 0.25) is 0 Å². The maximum atomic E-state index is 12.2. The van der Waals surface area contributed by atoms with Crippen molar-refractivity contribution in [3.05, 3.63) is 18.2 Å². The molecule has 8 heteroatoms. The Balaban J connectivity index is 1.78. The van der Waals surface area contributed by atoms with Gasteiger partial charge in [-0.1, -0.05) is 0 Å². The summed E-state index contributed by atoms with van der Waals surface area (Å²) in [4.78, 5) is 28.1. The monoisotopic (exact) mass is 364 g/mol. The van der Waals surface area contributed by atoms with Crippen LogP contribution in [0, 0.1) is 0 Å². The highest BCUT2D eigenvalue weighted by Gasteiger charge is 2.17. The van der Waals surface area contributed by atoms with E-state index in [1.807, 2.05) is 16.8 Å². The Morgan fingerprint density at radius 3 is 2.35 bits per heavy atom. The average molecular weight is 364 g/mol. The number of amides is 2. The van der Waals surface area contributed by atoms with E-state index in [1.54, 1.807) is 32.4 Å². The molecule has 144 valence electrons. The van der Waals surface area contributed by atoms with Gasteiger partial charge < -0.3 is 25.0 Å². The van der Waals surface area contributed by atoms with Crippen LogP contribution in [0.1, 0.15) is 6.42 Å². The van der Waals surface area contributed by atoms with E-state index >= 15 is 0 Å². The first-order chi connectivity index (χ1) is 12.5. The molecule has 1 aliphatic heterocycles. The van der Waals surface area contributed by atoms with E-state index in [9.17, 15) is 9.59 Å². The number of methoxy groups -OCH3 is 2. The number of benzene rings is 1. The zero-order valence-corrected chi connectivity index (χ0v) is 15.7. The summed E-state index contributed by atoms with van der Waals surface area (Å²) in [5.74, 6) is 1.19. The number of nitrogens with one attached hydrogen (secondary N) is 2. The predicted octanol–water partition coefficient (Wildman–Crippen LogP) is 0.396. The van der Waals surface area contributed by atoms with Crippen molar-refractivity contribution in [1.29, 1.82) is 0 Å². The second-order valence-corrected chi connectivity index (χ2v) is 6.27. The number of hydrogen-bond acceptors (Lipinski definition) is 6. The van der Waals surface area contributed by atoms with Crippen molar-refractivity contribution < 1.29 is 19.1 Å². The van der Waals surface area contributed by atoms with Gasteiger partial charge in [-0.2, -0.15) is 0 Å². The van der Waals surface area contributed by atoms with Crippen LogP contribution in [0.4, 0.5) is 5.69 Å². The Kier molecular flexibility index (Phi) is 7.68. The molecule has 0 aliphatic carbocycles. The van der Waals surface area contributed by atoms with E-state index in [2.05, 4.69) is 10.6 Å². The lowest BCUT2D eigenvalue weighted by atomic mass is 10.2. The van der Waals surface area contributed by atoms with Gasteiger partial charge in [-0.15, -0.1) is 0 Å². The summed E-state index contributed by atoms with van der Waals surface area (Å²) < 4.78 is 10.4. The molecule has 0 bridgehead atoms. The van der Waals surface area contributed by atoms with E-state index in [-0.39, 0.29) is 18.4 Å². The minimum absolute atomic E-state index is 0.135. The van der Waals surface area contributed by atoms with Crippen LogP contribution in [-0.4, -0.2) is 82.1 Å². The van der Waals surface area contributed by atoms with E-state index in [4.69, 9.17) is 9.47 Å². The summed E-state index contributed by atoms with van der Waals surface area (Å²) in [6.07, 6.45) is 0.413. The standard InChI is InChI=1S/C18H28N4O4/c1-21(7-4-18(24)22-8-5-19-6-9-22)13-17(23)20-14-10-15(25-2)12-16(11-14)26-3/h10-12,19H,4-9,13H2,1-3H3,(H,20,23). The second kappa shape index (κ2) is 9.98. The van der Waals surface area contributed by atoms with Gasteiger partial charge in [-0.25, -0.2) is 0 Å². The fraction of sp³-hybridized carbons (Fsp3) is 0.556. The van der Waals surface area contributed by atoms with Crippen LogP contribution in [0.3, 0.4) is 0 Å². The number of anilines is 1. The van der Waals surface area contributed by atoms with E-state index in [0.29, 0.717) is 30.2 Å². The number of carbonyl (C=O) groups excluding carboxylic acids is 2. The molecule has 1 heterocycles. The average Bonchev–Trinajstić information content (AvgIpc) is 2.66. The maximum Gasteiger partial charge on any atom is 0.238 e. The SMILES string of the molecule is COc1cc(NC(=O)CN(C)CCC(=O)N2CCNCC2)cc(OC)c1. The molecule has 0 atom stereocenters. The smallest absolute Gasteiger partial charge is 0.238 e. The Labute approximate surface area is 154 Å². The second-order valence-electron chi connectivity index (χ2n) is 6.27. The Morgan fingerprint density at radius 2 is 1.77 bits per heavy atom. The predicted molar refractivity (Wildman–Crippen MR) is 99.7 cm³/mol. The summed E-state index contributed by atoms with van der Waals surface area (Å²) in [7, 11) is 4.95. The fourth-order valence-corrected chi connectivity index (χ4v) is 2.76. The fourth-order valence-electron chi connectivity index (χ4n) is 2.76. The van der Waals surface area contributed by atoms with Crippen LogP contribution in [0.25, 0.3) is 0 Å². The van der Waals surface area contributed by atoms with Crippen LogP contribution < -0.4 is 20.1 Å². The molecule has 2 amide bonds. The number of piperazine rings is 1. The summed E-state index contributed by atoms with van der Waals surface area (Å²) in [5, 5.41) is 6.05. The lowest BCUT2D eigenvalue weighted by molar-refractivity contribution is -0.132. The normalized spacial score (nSPS) is 14.2. The maximum absolute atomic E-state index is 12.2. The Bertz CT molecular complexity index is 595. The zero-order valence-electron chi connectivity index (χ0n) is 15.7. The molecular formula is C18H28N4O4. The van der Waals surface area contributed by atoms with Gasteiger partial charge in [0.1, 0.15) is 11.5 Å². The number of nitrogens with zero attached hydrogens (tertiary/aromatic N) is 2. The molecule has 0 radical (unpaired) electrons. The van der Waals surface area contributed by atoms with Crippen molar-refractivity contribution in [2.24, 2.45) is 0 Å². The molecule has 2 N–H and O–H groups in total. The molecule has 1 aromatic rings. The van der Waals surface area contributed by atoms with Crippen molar-refractivity contribution >= 4 is 17.5 Å². The number of ether oxygens (including phenoxy) is 2. The first kappa shape index (κ1) is 20.0. The molecule has 1 aromatic carbocycles. The van der Waals surface area contributed by atoms with Gasteiger partial charge in [0, 0.05) is 63.0 Å². The topological polar surface area (TPSA) is 83.1 Å². The van der Waals surface area contributed by atoms with Crippen molar-refractivity contribution in [3.63, 3.8) is 0 Å². The molecule has 1 fully saturated rings. The first-order valence-electron chi connectivity index (χ1n) is 8.71. The van der Waals surface area contributed by atoms with E-state index in [1.165, 1.54) is 0 Å². The van der Waals surface area contributed by atoms with Crippen LogP contribution in [-0.2, 0) is 9.59 Å². The van der Waals surface area contributed by atoms with Gasteiger partial charge in [0.15, 0.2) is 0 Å². The van der Waals surface area contributed by atoms with Gasteiger partial charge in [-0.3, -0.25) is 14.5 Å². The molecule has 0 saturated carbocycles. The van der Waals surface area contributed by atoms with Gasteiger partial charge >= 0.3 is 0 Å². The first-order valence-corrected chi connectivity index (χ1v) is 8.71. The molecule has 2 rings (SSSR count).